The molecule has 4 heteroatoms. The fourth-order valence-corrected chi connectivity index (χ4v) is 2.87. The summed E-state index contributed by atoms with van der Waals surface area (Å²) in [6.45, 7) is 2.15. The number of nitrogens with one attached hydrogen (secondary N) is 1. The highest BCUT2D eigenvalue weighted by Gasteiger charge is 2.14. The van der Waals surface area contributed by atoms with Crippen molar-refractivity contribution in [2.75, 3.05) is 6.54 Å². The van der Waals surface area contributed by atoms with Crippen LogP contribution in [0, 0.1) is 0 Å². The fourth-order valence-electron chi connectivity index (χ4n) is 2.17. The summed E-state index contributed by atoms with van der Waals surface area (Å²) in [6.07, 6.45) is 6.67. The molecule has 3 rings (SSSR count). The van der Waals surface area contributed by atoms with Crippen LogP contribution in [0.2, 0.25) is 0 Å². The van der Waals surface area contributed by atoms with E-state index in [1.165, 1.54) is 23.3 Å². The predicted octanol–water partition coefficient (Wildman–Crippen LogP) is 2.36. The average molecular weight is 233 g/mol. The Bertz CT molecular complexity index is 441. The molecule has 1 fully saturated rings. The standard InChI is InChI=1S/C12H15N3S/c1-3-11(13-5-1)9-15-8-10(7-14-15)12-4-2-6-16-12/h2,4,6-8,11,13H,1,3,5,9H2/t11-/m1/s1. The van der Waals surface area contributed by atoms with Gasteiger partial charge in [0.2, 0.25) is 0 Å². The smallest absolute Gasteiger partial charge is 0.0576 e. The highest BCUT2D eigenvalue weighted by Crippen LogP contribution is 2.23. The first-order chi connectivity index (χ1) is 7.92. The van der Waals surface area contributed by atoms with Gasteiger partial charge in [-0.25, -0.2) is 0 Å². The highest BCUT2D eigenvalue weighted by molar-refractivity contribution is 7.13. The molecule has 1 saturated heterocycles. The van der Waals surface area contributed by atoms with Crippen molar-refractivity contribution in [3.05, 3.63) is 29.9 Å². The molecule has 0 radical (unpaired) electrons. The van der Waals surface area contributed by atoms with Gasteiger partial charge < -0.3 is 5.32 Å². The minimum Gasteiger partial charge on any atom is -0.312 e. The molecular formula is C12H15N3S. The van der Waals surface area contributed by atoms with Crippen molar-refractivity contribution in [1.29, 1.82) is 0 Å². The monoisotopic (exact) mass is 233 g/mol. The minimum atomic E-state index is 0.607. The summed E-state index contributed by atoms with van der Waals surface area (Å²) in [4.78, 5) is 1.30. The van der Waals surface area contributed by atoms with Crippen LogP contribution in [0.1, 0.15) is 12.8 Å². The van der Waals surface area contributed by atoms with E-state index in [4.69, 9.17) is 0 Å². The molecule has 0 unspecified atom stereocenters. The second-order valence-corrected chi connectivity index (χ2v) is 5.17. The lowest BCUT2D eigenvalue weighted by molar-refractivity contribution is 0.476. The Labute approximate surface area is 99.1 Å². The van der Waals surface area contributed by atoms with E-state index >= 15 is 0 Å². The van der Waals surface area contributed by atoms with Gasteiger partial charge in [0.1, 0.15) is 0 Å². The molecule has 84 valence electrons. The van der Waals surface area contributed by atoms with Crippen LogP contribution in [-0.2, 0) is 6.54 Å². The lowest BCUT2D eigenvalue weighted by atomic mass is 10.2. The summed E-state index contributed by atoms with van der Waals surface area (Å²) in [5.74, 6) is 0. The maximum Gasteiger partial charge on any atom is 0.0576 e. The van der Waals surface area contributed by atoms with Crippen molar-refractivity contribution in [3.8, 4) is 10.4 Å². The van der Waals surface area contributed by atoms with Gasteiger partial charge in [0.05, 0.1) is 12.7 Å². The quantitative estimate of drug-likeness (QED) is 0.882. The number of hydrogen-bond acceptors (Lipinski definition) is 3. The Morgan fingerprint density at radius 1 is 1.56 bits per heavy atom. The van der Waals surface area contributed by atoms with Gasteiger partial charge in [0, 0.05) is 22.7 Å². The lowest BCUT2D eigenvalue weighted by Crippen LogP contribution is -2.26. The van der Waals surface area contributed by atoms with E-state index in [0.717, 1.165) is 13.1 Å². The van der Waals surface area contributed by atoms with Gasteiger partial charge in [-0.15, -0.1) is 11.3 Å². The maximum atomic E-state index is 4.42. The fraction of sp³-hybridized carbons (Fsp3) is 0.417. The first-order valence-electron chi connectivity index (χ1n) is 5.71. The molecule has 1 aliphatic heterocycles. The van der Waals surface area contributed by atoms with Crippen LogP contribution in [0.5, 0.6) is 0 Å². The third-order valence-corrected chi connectivity index (χ3v) is 3.93. The molecule has 2 aromatic heterocycles. The SMILES string of the molecule is c1csc(-c2cnn(C[C@H]3CCCN3)c2)c1. The molecule has 3 heterocycles. The van der Waals surface area contributed by atoms with Crippen molar-refractivity contribution in [2.45, 2.75) is 25.4 Å². The van der Waals surface area contributed by atoms with Gasteiger partial charge in [-0.1, -0.05) is 6.07 Å². The van der Waals surface area contributed by atoms with Crippen molar-refractivity contribution in [1.82, 2.24) is 15.1 Å². The van der Waals surface area contributed by atoms with Gasteiger partial charge in [-0.05, 0) is 30.8 Å². The molecular weight excluding hydrogens is 218 g/mol. The van der Waals surface area contributed by atoms with E-state index in [1.54, 1.807) is 11.3 Å². The first kappa shape index (κ1) is 10.1. The second-order valence-electron chi connectivity index (χ2n) is 4.22. The average Bonchev–Trinajstić information content (AvgIpc) is 2.99. The van der Waals surface area contributed by atoms with Crippen LogP contribution >= 0.6 is 11.3 Å². The van der Waals surface area contributed by atoms with E-state index in [-0.39, 0.29) is 0 Å². The van der Waals surface area contributed by atoms with Crippen molar-refractivity contribution >= 4 is 11.3 Å². The molecule has 1 aliphatic rings. The molecule has 3 nitrogen and oxygen atoms in total. The van der Waals surface area contributed by atoms with E-state index in [2.05, 4.69) is 38.8 Å². The summed E-state index contributed by atoms with van der Waals surface area (Å²) in [5.41, 5.74) is 1.23. The zero-order valence-electron chi connectivity index (χ0n) is 9.10. The molecule has 0 saturated carbocycles. The third kappa shape index (κ3) is 2.03. The van der Waals surface area contributed by atoms with E-state index in [9.17, 15) is 0 Å². The Morgan fingerprint density at radius 3 is 3.31 bits per heavy atom. The lowest BCUT2D eigenvalue weighted by Gasteiger charge is -2.09. The minimum absolute atomic E-state index is 0.607. The number of thiophene rings is 1. The summed E-state index contributed by atoms with van der Waals surface area (Å²) < 4.78 is 2.05. The summed E-state index contributed by atoms with van der Waals surface area (Å²) in [6, 6.07) is 4.83. The second kappa shape index (κ2) is 4.39. The topological polar surface area (TPSA) is 29.9 Å². The Hall–Kier alpha value is -1.13. The van der Waals surface area contributed by atoms with Gasteiger partial charge in [0.25, 0.3) is 0 Å². The number of nitrogens with zero attached hydrogens (tertiary/aromatic N) is 2. The van der Waals surface area contributed by atoms with Crippen molar-refractivity contribution in [2.24, 2.45) is 0 Å². The zero-order valence-corrected chi connectivity index (χ0v) is 9.91. The third-order valence-electron chi connectivity index (χ3n) is 3.01. The molecule has 0 amide bonds. The summed E-state index contributed by atoms with van der Waals surface area (Å²) in [7, 11) is 0. The highest BCUT2D eigenvalue weighted by atomic mass is 32.1. The van der Waals surface area contributed by atoms with Gasteiger partial charge in [0.15, 0.2) is 0 Å². The number of rotatable bonds is 3. The van der Waals surface area contributed by atoms with Crippen LogP contribution in [0.3, 0.4) is 0 Å². The van der Waals surface area contributed by atoms with Crippen molar-refractivity contribution < 1.29 is 0 Å². The van der Waals surface area contributed by atoms with Crippen LogP contribution < -0.4 is 5.32 Å². The van der Waals surface area contributed by atoms with Crippen molar-refractivity contribution in [3.63, 3.8) is 0 Å². The molecule has 0 bridgehead atoms. The maximum absolute atomic E-state index is 4.42. The molecule has 16 heavy (non-hydrogen) atoms. The summed E-state index contributed by atoms with van der Waals surface area (Å²) in [5, 5.41) is 10.0. The van der Waals surface area contributed by atoms with Crippen LogP contribution in [0.15, 0.2) is 29.9 Å². The molecule has 0 spiro atoms. The van der Waals surface area contributed by atoms with Gasteiger partial charge >= 0.3 is 0 Å². The van der Waals surface area contributed by atoms with Gasteiger partial charge in [-0.2, -0.15) is 5.10 Å². The Balaban J connectivity index is 1.72. The zero-order chi connectivity index (χ0) is 10.8. The van der Waals surface area contributed by atoms with Crippen LogP contribution in [-0.4, -0.2) is 22.4 Å². The Morgan fingerprint density at radius 2 is 2.56 bits per heavy atom. The van der Waals surface area contributed by atoms with Crippen LogP contribution in [0.25, 0.3) is 10.4 Å². The summed E-state index contributed by atoms with van der Waals surface area (Å²) >= 11 is 1.76. The number of aromatic nitrogens is 2. The van der Waals surface area contributed by atoms with Crippen LogP contribution in [0.4, 0.5) is 0 Å². The normalized spacial score (nSPS) is 20.4. The van der Waals surface area contributed by atoms with E-state index in [1.807, 2.05) is 6.20 Å². The van der Waals surface area contributed by atoms with Gasteiger partial charge in [-0.3, -0.25) is 4.68 Å². The molecule has 1 N–H and O–H groups in total. The largest absolute Gasteiger partial charge is 0.312 e. The number of hydrogen-bond donors (Lipinski definition) is 1. The van der Waals surface area contributed by atoms with E-state index in [0.29, 0.717) is 6.04 Å². The first-order valence-corrected chi connectivity index (χ1v) is 6.59. The molecule has 1 atom stereocenters. The predicted molar refractivity (Wildman–Crippen MR) is 66.6 cm³/mol. The Kier molecular flexibility index (Phi) is 2.76. The molecule has 0 aromatic carbocycles. The van der Waals surface area contributed by atoms with E-state index < -0.39 is 0 Å². The molecule has 2 aromatic rings. The molecule has 0 aliphatic carbocycles.